The van der Waals surface area contributed by atoms with Gasteiger partial charge in [-0.05, 0) is 42.3 Å². The molecule has 1 fully saturated rings. The van der Waals surface area contributed by atoms with Gasteiger partial charge in [0.2, 0.25) is 10.0 Å². The van der Waals surface area contributed by atoms with E-state index < -0.39 is 10.0 Å². The molecular weight excluding hydrogens is 350 g/mol. The number of nitrogens with two attached hydrogens (primary N) is 2. The quantitative estimate of drug-likeness (QED) is 0.762. The minimum absolute atomic E-state index is 0.0842. The molecule has 140 valence electrons. The fourth-order valence-corrected chi connectivity index (χ4v) is 3.99. The highest BCUT2D eigenvalue weighted by Crippen LogP contribution is 2.31. The summed E-state index contributed by atoms with van der Waals surface area (Å²) < 4.78 is 28.3. The van der Waals surface area contributed by atoms with Crippen LogP contribution in [0.4, 0.5) is 0 Å². The number of ether oxygens (including phenoxy) is 1. The largest absolute Gasteiger partial charge is 0.492 e. The molecule has 4 N–H and O–H groups in total. The van der Waals surface area contributed by atoms with Gasteiger partial charge in [-0.15, -0.1) is 0 Å². The zero-order valence-corrected chi connectivity index (χ0v) is 15.4. The van der Waals surface area contributed by atoms with Crippen LogP contribution in [0.1, 0.15) is 11.5 Å². The predicted molar refractivity (Wildman–Crippen MR) is 101 cm³/mol. The maximum Gasteiger partial charge on any atom is 0.238 e. The minimum Gasteiger partial charge on any atom is -0.492 e. The standard InChI is InChI=1S/C19H25N3O3S/c20-12-16-13-22(14-19(16)15-4-2-1-3-5-15)10-11-25-17-6-8-18(9-7-17)26(21,23)24/h1-9,16,19H,10-14,20H2,(H2,21,23,24)/t16-,19+/m1/s1. The van der Waals surface area contributed by atoms with Crippen molar-refractivity contribution < 1.29 is 13.2 Å². The first-order valence-corrected chi connectivity index (χ1v) is 10.2. The van der Waals surface area contributed by atoms with Crippen LogP contribution in [0.3, 0.4) is 0 Å². The van der Waals surface area contributed by atoms with Crippen LogP contribution in [0, 0.1) is 5.92 Å². The Morgan fingerprint density at radius 3 is 2.35 bits per heavy atom. The minimum atomic E-state index is -3.67. The lowest BCUT2D eigenvalue weighted by Gasteiger charge is -2.17. The van der Waals surface area contributed by atoms with Crippen molar-refractivity contribution in [3.8, 4) is 5.75 Å². The Bertz CT molecular complexity index is 810. The van der Waals surface area contributed by atoms with E-state index in [9.17, 15) is 8.42 Å². The van der Waals surface area contributed by atoms with Gasteiger partial charge in [0.15, 0.2) is 0 Å². The van der Waals surface area contributed by atoms with Crippen molar-refractivity contribution in [2.45, 2.75) is 10.8 Å². The summed E-state index contributed by atoms with van der Waals surface area (Å²) in [5.74, 6) is 1.54. The number of rotatable bonds is 7. The van der Waals surface area contributed by atoms with Crippen LogP contribution in [0.5, 0.6) is 5.75 Å². The van der Waals surface area contributed by atoms with Crippen LogP contribution in [0.2, 0.25) is 0 Å². The van der Waals surface area contributed by atoms with E-state index in [4.69, 9.17) is 15.6 Å². The number of hydrogen-bond donors (Lipinski definition) is 2. The van der Waals surface area contributed by atoms with E-state index >= 15 is 0 Å². The third-order valence-corrected chi connectivity index (χ3v) is 5.80. The molecule has 0 aliphatic carbocycles. The van der Waals surface area contributed by atoms with Crippen LogP contribution in [-0.2, 0) is 10.0 Å². The van der Waals surface area contributed by atoms with Gasteiger partial charge in [0, 0.05) is 25.6 Å². The molecule has 0 spiro atoms. The Morgan fingerprint density at radius 1 is 1.04 bits per heavy atom. The second kappa shape index (κ2) is 8.18. The van der Waals surface area contributed by atoms with Crippen molar-refractivity contribution in [1.82, 2.24) is 4.90 Å². The summed E-state index contributed by atoms with van der Waals surface area (Å²) in [5, 5.41) is 5.09. The number of hydrogen-bond acceptors (Lipinski definition) is 5. The van der Waals surface area contributed by atoms with Crippen LogP contribution in [-0.4, -0.2) is 46.1 Å². The highest BCUT2D eigenvalue weighted by molar-refractivity contribution is 7.89. The summed E-state index contributed by atoms with van der Waals surface area (Å²) >= 11 is 0. The number of nitrogens with zero attached hydrogens (tertiary/aromatic N) is 1. The third-order valence-electron chi connectivity index (χ3n) is 4.88. The molecule has 0 amide bonds. The van der Waals surface area contributed by atoms with Gasteiger partial charge in [-0.25, -0.2) is 13.6 Å². The maximum atomic E-state index is 11.3. The van der Waals surface area contributed by atoms with E-state index in [2.05, 4.69) is 29.2 Å². The normalized spacial score (nSPS) is 21.0. The van der Waals surface area contributed by atoms with Gasteiger partial charge in [0.25, 0.3) is 0 Å². The first kappa shape index (κ1) is 18.8. The molecule has 3 rings (SSSR count). The summed E-state index contributed by atoms with van der Waals surface area (Å²) in [6, 6.07) is 16.7. The highest BCUT2D eigenvalue weighted by Gasteiger charge is 2.32. The van der Waals surface area contributed by atoms with E-state index in [0.29, 0.717) is 30.7 Å². The summed E-state index contributed by atoms with van der Waals surface area (Å²) in [5.41, 5.74) is 7.31. The van der Waals surface area contributed by atoms with Crippen molar-refractivity contribution >= 4 is 10.0 Å². The zero-order chi connectivity index (χ0) is 18.6. The molecule has 0 bridgehead atoms. The third kappa shape index (κ3) is 4.62. The van der Waals surface area contributed by atoms with Crippen LogP contribution >= 0.6 is 0 Å². The molecule has 6 nitrogen and oxygen atoms in total. The molecular formula is C19H25N3O3S. The average molecular weight is 375 g/mol. The Morgan fingerprint density at radius 2 is 1.73 bits per heavy atom. The number of benzene rings is 2. The molecule has 1 heterocycles. The van der Waals surface area contributed by atoms with Gasteiger partial charge in [-0.1, -0.05) is 30.3 Å². The Balaban J connectivity index is 1.52. The molecule has 2 aromatic carbocycles. The van der Waals surface area contributed by atoms with E-state index in [1.165, 1.54) is 17.7 Å². The summed E-state index contributed by atoms with van der Waals surface area (Å²) in [7, 11) is -3.67. The zero-order valence-electron chi connectivity index (χ0n) is 14.6. The van der Waals surface area contributed by atoms with Gasteiger partial charge in [0.05, 0.1) is 4.90 Å². The van der Waals surface area contributed by atoms with Gasteiger partial charge >= 0.3 is 0 Å². The van der Waals surface area contributed by atoms with E-state index in [1.54, 1.807) is 12.1 Å². The molecule has 0 radical (unpaired) electrons. The topological polar surface area (TPSA) is 98.6 Å². The maximum absolute atomic E-state index is 11.3. The smallest absolute Gasteiger partial charge is 0.238 e. The fraction of sp³-hybridized carbons (Fsp3) is 0.368. The second-order valence-electron chi connectivity index (χ2n) is 6.64. The van der Waals surface area contributed by atoms with Gasteiger partial charge in [-0.3, -0.25) is 4.90 Å². The number of likely N-dealkylation sites (tertiary alicyclic amines) is 1. The molecule has 1 saturated heterocycles. The Kier molecular flexibility index (Phi) is 5.93. The first-order chi connectivity index (χ1) is 12.5. The van der Waals surface area contributed by atoms with Crippen LogP contribution in [0.15, 0.2) is 59.5 Å². The fourth-order valence-electron chi connectivity index (χ4n) is 3.48. The van der Waals surface area contributed by atoms with E-state index in [0.717, 1.165) is 19.6 Å². The summed E-state index contributed by atoms with van der Waals surface area (Å²) in [6.07, 6.45) is 0. The van der Waals surface area contributed by atoms with Crippen LogP contribution in [0.25, 0.3) is 0 Å². The highest BCUT2D eigenvalue weighted by atomic mass is 32.2. The van der Waals surface area contributed by atoms with Gasteiger partial charge in [-0.2, -0.15) is 0 Å². The second-order valence-corrected chi connectivity index (χ2v) is 8.20. The Labute approximate surface area is 154 Å². The molecule has 0 unspecified atom stereocenters. The van der Waals surface area contributed by atoms with Crippen molar-refractivity contribution in [1.29, 1.82) is 0 Å². The number of primary sulfonamides is 1. The molecule has 0 saturated carbocycles. The molecule has 1 aliphatic heterocycles. The average Bonchev–Trinajstić information content (AvgIpc) is 3.05. The summed E-state index contributed by atoms with van der Waals surface area (Å²) in [4.78, 5) is 2.45. The van der Waals surface area contributed by atoms with Crippen LogP contribution < -0.4 is 15.6 Å². The Hall–Kier alpha value is -1.93. The van der Waals surface area contributed by atoms with E-state index in [-0.39, 0.29) is 4.90 Å². The van der Waals surface area contributed by atoms with Gasteiger partial charge < -0.3 is 10.5 Å². The molecule has 2 aromatic rings. The van der Waals surface area contributed by atoms with Crippen molar-refractivity contribution in [2.24, 2.45) is 16.8 Å². The lowest BCUT2D eigenvalue weighted by atomic mass is 9.89. The van der Waals surface area contributed by atoms with Gasteiger partial charge in [0.1, 0.15) is 12.4 Å². The molecule has 26 heavy (non-hydrogen) atoms. The van der Waals surface area contributed by atoms with Crippen molar-refractivity contribution in [2.75, 3.05) is 32.8 Å². The molecule has 1 aliphatic rings. The van der Waals surface area contributed by atoms with E-state index in [1.807, 2.05) is 6.07 Å². The lowest BCUT2D eigenvalue weighted by Crippen LogP contribution is -2.27. The lowest BCUT2D eigenvalue weighted by molar-refractivity contribution is 0.232. The summed E-state index contributed by atoms with van der Waals surface area (Å²) in [6.45, 7) is 3.94. The molecule has 7 heteroatoms. The molecule has 0 aromatic heterocycles. The molecule has 2 atom stereocenters. The van der Waals surface area contributed by atoms with Crippen molar-refractivity contribution in [3.05, 3.63) is 60.2 Å². The SMILES string of the molecule is NC[C@@H]1CN(CCOc2ccc(S(N)(=O)=O)cc2)C[C@H]1c1ccccc1. The predicted octanol–water partition coefficient (Wildman–Crippen LogP) is 1.39. The first-order valence-electron chi connectivity index (χ1n) is 8.70. The number of sulfonamides is 1. The monoisotopic (exact) mass is 375 g/mol. The van der Waals surface area contributed by atoms with Crippen molar-refractivity contribution in [3.63, 3.8) is 0 Å².